The summed E-state index contributed by atoms with van der Waals surface area (Å²) >= 11 is 5.86. The maximum Gasteiger partial charge on any atom is 0.417 e. The van der Waals surface area contributed by atoms with Crippen molar-refractivity contribution in [2.75, 3.05) is 18.1 Å². The van der Waals surface area contributed by atoms with Crippen LogP contribution < -0.4 is 16.6 Å². The number of para-hydroxylation sites is 1. The van der Waals surface area contributed by atoms with Crippen LogP contribution in [0.3, 0.4) is 0 Å². The predicted molar refractivity (Wildman–Crippen MR) is 101 cm³/mol. The predicted octanol–water partition coefficient (Wildman–Crippen LogP) is 3.76. The number of hydrogen-bond acceptors (Lipinski definition) is 4. The van der Waals surface area contributed by atoms with Crippen molar-refractivity contribution in [1.29, 1.82) is 0 Å². The van der Waals surface area contributed by atoms with Crippen LogP contribution in [0.25, 0.3) is 0 Å². The Balaban J connectivity index is 1.83. The minimum atomic E-state index is -4.64. The lowest BCUT2D eigenvalue weighted by atomic mass is 10.1. The highest BCUT2D eigenvalue weighted by Gasteiger charge is 2.35. The molecule has 1 aliphatic heterocycles. The van der Waals surface area contributed by atoms with Gasteiger partial charge in [-0.2, -0.15) is 13.2 Å². The maximum absolute atomic E-state index is 13.0. The number of nitrogens with zero attached hydrogens (tertiary/aromatic N) is 2. The monoisotopic (exact) mass is 410 g/mol. The number of carbonyl (C=O) groups is 1. The summed E-state index contributed by atoms with van der Waals surface area (Å²) in [5.74, 6) is 5.52. The van der Waals surface area contributed by atoms with Gasteiger partial charge in [-0.05, 0) is 24.3 Å². The van der Waals surface area contributed by atoms with Crippen molar-refractivity contribution >= 4 is 23.2 Å². The fraction of sp³-hybridized carbons (Fsp3) is 0.211. The Morgan fingerprint density at radius 1 is 1.11 bits per heavy atom. The van der Waals surface area contributed by atoms with Gasteiger partial charge in [-0.15, -0.1) is 0 Å². The van der Waals surface area contributed by atoms with E-state index in [2.05, 4.69) is 0 Å². The van der Waals surface area contributed by atoms with E-state index < -0.39 is 22.7 Å². The summed E-state index contributed by atoms with van der Waals surface area (Å²) in [6, 6.07) is 12.4. The lowest BCUT2D eigenvalue weighted by Crippen LogP contribution is -2.44. The van der Waals surface area contributed by atoms with Crippen molar-refractivity contribution in [3.05, 3.63) is 76.1 Å². The van der Waals surface area contributed by atoms with Crippen LogP contribution in [-0.2, 0) is 6.18 Å². The maximum atomic E-state index is 13.0. The third kappa shape index (κ3) is 3.93. The van der Waals surface area contributed by atoms with Crippen molar-refractivity contribution < 1.29 is 18.0 Å². The number of rotatable bonds is 3. The molecule has 0 aromatic heterocycles. The van der Waals surface area contributed by atoms with Gasteiger partial charge in [-0.25, -0.2) is 5.84 Å². The molecule has 28 heavy (non-hydrogen) atoms. The summed E-state index contributed by atoms with van der Waals surface area (Å²) < 4.78 is 39.1. The first-order valence-electron chi connectivity index (χ1n) is 8.42. The molecular weight excluding hydrogens is 393 g/mol. The third-order valence-electron chi connectivity index (χ3n) is 4.50. The fourth-order valence-corrected chi connectivity index (χ4v) is 3.37. The number of nitrogens with two attached hydrogens (primary N) is 2. The molecule has 9 heteroatoms. The van der Waals surface area contributed by atoms with Gasteiger partial charge in [0.2, 0.25) is 0 Å². The molecule has 0 saturated heterocycles. The summed E-state index contributed by atoms with van der Waals surface area (Å²) in [5.41, 5.74) is 6.63. The van der Waals surface area contributed by atoms with Gasteiger partial charge < -0.3 is 10.6 Å². The van der Waals surface area contributed by atoms with Gasteiger partial charge in [0, 0.05) is 18.7 Å². The molecule has 4 N–H and O–H groups in total. The van der Waals surface area contributed by atoms with Crippen LogP contribution in [0, 0.1) is 0 Å². The average Bonchev–Trinajstić information content (AvgIpc) is 2.67. The van der Waals surface area contributed by atoms with Crippen molar-refractivity contribution in [2.24, 2.45) is 11.6 Å². The van der Waals surface area contributed by atoms with Crippen LogP contribution in [-0.4, -0.2) is 23.9 Å². The number of carbonyl (C=O) groups excluding carboxylic acids is 1. The van der Waals surface area contributed by atoms with E-state index in [1.165, 1.54) is 16.0 Å². The average molecular weight is 411 g/mol. The molecule has 2 aromatic carbocycles. The first-order chi connectivity index (χ1) is 13.2. The first kappa shape index (κ1) is 20.0. The lowest BCUT2D eigenvalue weighted by Gasteiger charge is -2.33. The van der Waals surface area contributed by atoms with Gasteiger partial charge in [0.15, 0.2) is 0 Å². The molecular formula is C19H18ClF3N4O. The van der Waals surface area contributed by atoms with Crippen LogP contribution in [0.2, 0.25) is 5.02 Å². The molecule has 0 bridgehead atoms. The standard InChI is InChI=1S/C19H18ClF3N4O/c20-17-13(7-4-8-14(17)19(21,22)23)18(28)26-10-9-16(15(24)11-26)27(25)12-5-2-1-3-6-12/h1-8H,9-11,24-25H2. The Morgan fingerprint density at radius 2 is 1.79 bits per heavy atom. The van der Waals surface area contributed by atoms with Gasteiger partial charge in [-0.3, -0.25) is 9.80 Å². The topological polar surface area (TPSA) is 75.6 Å². The highest BCUT2D eigenvalue weighted by molar-refractivity contribution is 6.34. The molecule has 0 radical (unpaired) electrons. The molecule has 1 heterocycles. The minimum Gasteiger partial charge on any atom is -0.399 e. The zero-order valence-electron chi connectivity index (χ0n) is 14.7. The van der Waals surface area contributed by atoms with Crippen LogP contribution >= 0.6 is 11.6 Å². The van der Waals surface area contributed by atoms with E-state index in [9.17, 15) is 18.0 Å². The fourth-order valence-electron chi connectivity index (χ4n) is 3.06. The Morgan fingerprint density at radius 3 is 2.39 bits per heavy atom. The SMILES string of the molecule is NC1=C(N(N)c2ccccc2)CCN(C(=O)c2cccc(C(F)(F)F)c2Cl)C1. The smallest absolute Gasteiger partial charge is 0.399 e. The molecule has 2 aromatic rings. The third-order valence-corrected chi connectivity index (χ3v) is 4.90. The molecule has 148 valence electrons. The Bertz CT molecular complexity index is 915. The van der Waals surface area contributed by atoms with Gasteiger partial charge in [-0.1, -0.05) is 35.9 Å². The summed E-state index contributed by atoms with van der Waals surface area (Å²) in [4.78, 5) is 14.1. The molecule has 1 aliphatic rings. The van der Waals surface area contributed by atoms with Gasteiger partial charge >= 0.3 is 6.18 Å². The zero-order chi connectivity index (χ0) is 20.5. The second-order valence-electron chi connectivity index (χ2n) is 6.32. The van der Waals surface area contributed by atoms with E-state index >= 15 is 0 Å². The number of alkyl halides is 3. The van der Waals surface area contributed by atoms with Gasteiger partial charge in [0.1, 0.15) is 0 Å². The quantitative estimate of drug-likeness (QED) is 0.597. The van der Waals surface area contributed by atoms with Crippen molar-refractivity contribution in [3.8, 4) is 0 Å². The number of hydrogen-bond donors (Lipinski definition) is 2. The highest BCUT2D eigenvalue weighted by atomic mass is 35.5. The van der Waals surface area contributed by atoms with Gasteiger partial charge in [0.25, 0.3) is 5.91 Å². The van der Waals surface area contributed by atoms with Crippen molar-refractivity contribution in [2.45, 2.75) is 12.6 Å². The van der Waals surface area contributed by atoms with Crippen LogP contribution in [0.15, 0.2) is 59.9 Å². The number of hydrazine groups is 1. The molecule has 0 unspecified atom stereocenters. The molecule has 0 spiro atoms. The second kappa shape index (κ2) is 7.73. The van der Waals surface area contributed by atoms with E-state index in [0.717, 1.165) is 17.8 Å². The van der Waals surface area contributed by atoms with Crippen LogP contribution in [0.1, 0.15) is 22.3 Å². The van der Waals surface area contributed by atoms with E-state index in [4.69, 9.17) is 23.2 Å². The van der Waals surface area contributed by atoms with Crippen LogP contribution in [0.4, 0.5) is 18.9 Å². The molecule has 0 atom stereocenters. The largest absolute Gasteiger partial charge is 0.417 e. The molecule has 3 rings (SSSR count). The summed E-state index contributed by atoms with van der Waals surface area (Å²) in [6.45, 7) is 0.295. The van der Waals surface area contributed by atoms with E-state index in [1.807, 2.05) is 30.3 Å². The zero-order valence-corrected chi connectivity index (χ0v) is 15.5. The summed E-state index contributed by atoms with van der Waals surface area (Å²) in [7, 11) is 0. The minimum absolute atomic E-state index is 0.0429. The summed E-state index contributed by atoms with van der Waals surface area (Å²) in [5, 5.41) is 0.840. The summed E-state index contributed by atoms with van der Waals surface area (Å²) in [6.07, 6.45) is -4.28. The number of benzene rings is 2. The molecule has 1 amide bonds. The van der Waals surface area contributed by atoms with E-state index in [1.54, 1.807) is 0 Å². The number of anilines is 1. The normalized spacial score (nSPS) is 15.0. The van der Waals surface area contributed by atoms with E-state index in [-0.39, 0.29) is 18.7 Å². The van der Waals surface area contributed by atoms with Gasteiger partial charge in [0.05, 0.1) is 34.1 Å². The number of halogens is 4. The molecule has 5 nitrogen and oxygen atoms in total. The Kier molecular flexibility index (Phi) is 5.53. The van der Waals surface area contributed by atoms with Crippen molar-refractivity contribution in [1.82, 2.24) is 4.90 Å². The molecule has 0 saturated carbocycles. The lowest BCUT2D eigenvalue weighted by molar-refractivity contribution is -0.137. The van der Waals surface area contributed by atoms with Crippen LogP contribution in [0.5, 0.6) is 0 Å². The number of amides is 1. The first-order valence-corrected chi connectivity index (χ1v) is 8.80. The second-order valence-corrected chi connectivity index (χ2v) is 6.70. The molecule has 0 aliphatic carbocycles. The van der Waals surface area contributed by atoms with Crippen molar-refractivity contribution in [3.63, 3.8) is 0 Å². The Labute approximate surface area is 164 Å². The van der Waals surface area contributed by atoms with E-state index in [0.29, 0.717) is 17.8 Å². The molecule has 0 fully saturated rings. The Hall–Kier alpha value is -2.71. The highest BCUT2D eigenvalue weighted by Crippen LogP contribution is 2.36.